The van der Waals surface area contributed by atoms with Crippen molar-refractivity contribution in [3.8, 4) is 0 Å². The van der Waals surface area contributed by atoms with Gasteiger partial charge in [-0.15, -0.1) is 0 Å². The van der Waals surface area contributed by atoms with Crippen LogP contribution in [-0.4, -0.2) is 51.6 Å². The van der Waals surface area contributed by atoms with Crippen LogP contribution in [0.5, 0.6) is 0 Å². The lowest BCUT2D eigenvalue weighted by molar-refractivity contribution is -0.384. The Morgan fingerprint density at radius 2 is 1.96 bits per heavy atom. The van der Waals surface area contributed by atoms with E-state index in [0.29, 0.717) is 6.54 Å². The molecule has 8 heteroatoms. The van der Waals surface area contributed by atoms with Gasteiger partial charge in [0, 0.05) is 24.7 Å². The third kappa shape index (κ3) is 2.64. The van der Waals surface area contributed by atoms with Gasteiger partial charge in [0.15, 0.2) is 0 Å². The molecule has 2 aliphatic rings. The predicted molar refractivity (Wildman–Crippen MR) is 83.5 cm³/mol. The molecule has 126 valence electrons. The fourth-order valence-corrected chi connectivity index (χ4v) is 3.23. The number of fused-ring (bicyclic) bond motifs is 1. The van der Waals surface area contributed by atoms with Crippen molar-refractivity contribution >= 4 is 23.4 Å². The number of nitrogens with zero attached hydrogens (tertiary/aromatic N) is 3. The van der Waals surface area contributed by atoms with Crippen LogP contribution in [0, 0.1) is 10.1 Å². The zero-order chi connectivity index (χ0) is 17.4. The minimum absolute atomic E-state index is 0.0197. The summed E-state index contributed by atoms with van der Waals surface area (Å²) >= 11 is 0. The monoisotopic (exact) mass is 331 g/mol. The summed E-state index contributed by atoms with van der Waals surface area (Å²) in [7, 11) is 0. The minimum atomic E-state index is -0.656. The highest BCUT2D eigenvalue weighted by Gasteiger charge is 2.39. The molecule has 0 radical (unpaired) electrons. The molecule has 0 aromatic heterocycles. The van der Waals surface area contributed by atoms with Crippen LogP contribution in [0.1, 0.15) is 46.9 Å². The Bertz CT molecular complexity index is 745. The molecule has 3 rings (SSSR count). The van der Waals surface area contributed by atoms with E-state index < -0.39 is 16.7 Å². The van der Waals surface area contributed by atoms with Crippen molar-refractivity contribution in [1.29, 1.82) is 0 Å². The van der Waals surface area contributed by atoms with E-state index in [9.17, 15) is 24.5 Å². The van der Waals surface area contributed by atoms with Crippen LogP contribution in [0.2, 0.25) is 0 Å². The normalized spacial score (nSPS) is 20.3. The van der Waals surface area contributed by atoms with Gasteiger partial charge in [-0.2, -0.15) is 0 Å². The Morgan fingerprint density at radius 1 is 1.25 bits per heavy atom. The number of nitro benzene ring substituents is 1. The van der Waals surface area contributed by atoms with Gasteiger partial charge in [-0.05, 0) is 32.3 Å². The molecule has 0 aliphatic carbocycles. The summed E-state index contributed by atoms with van der Waals surface area (Å²) in [4.78, 5) is 50.0. The molecular weight excluding hydrogens is 314 g/mol. The summed E-state index contributed by atoms with van der Waals surface area (Å²) in [5, 5.41) is 10.8. The Hall–Kier alpha value is -2.77. The predicted octanol–water partition coefficient (Wildman–Crippen LogP) is 1.59. The average Bonchev–Trinajstić information content (AvgIpc) is 2.79. The Morgan fingerprint density at radius 3 is 2.62 bits per heavy atom. The van der Waals surface area contributed by atoms with Gasteiger partial charge >= 0.3 is 0 Å². The van der Waals surface area contributed by atoms with E-state index >= 15 is 0 Å². The number of amides is 3. The van der Waals surface area contributed by atoms with Gasteiger partial charge in [0.25, 0.3) is 17.5 Å². The molecule has 2 aliphatic heterocycles. The van der Waals surface area contributed by atoms with Gasteiger partial charge < -0.3 is 4.90 Å². The zero-order valence-electron chi connectivity index (χ0n) is 13.2. The molecule has 2 heterocycles. The Balaban J connectivity index is 1.80. The van der Waals surface area contributed by atoms with Crippen molar-refractivity contribution in [3.63, 3.8) is 0 Å². The molecule has 0 spiro atoms. The van der Waals surface area contributed by atoms with Gasteiger partial charge in [0.1, 0.15) is 6.54 Å². The molecule has 1 atom stereocenters. The number of non-ortho nitro benzene ring substituents is 1. The second-order valence-electron chi connectivity index (χ2n) is 6.12. The first-order valence-corrected chi connectivity index (χ1v) is 7.84. The summed E-state index contributed by atoms with van der Waals surface area (Å²) in [5.41, 5.74) is -0.175. The summed E-state index contributed by atoms with van der Waals surface area (Å²) in [5.74, 6) is -1.51. The number of carbonyl (C=O) groups excluding carboxylic acids is 3. The second-order valence-corrected chi connectivity index (χ2v) is 6.12. The maximum Gasteiger partial charge on any atom is 0.270 e. The van der Waals surface area contributed by atoms with E-state index in [0.717, 1.165) is 30.2 Å². The summed E-state index contributed by atoms with van der Waals surface area (Å²) in [6.07, 6.45) is 2.87. The van der Waals surface area contributed by atoms with Crippen molar-refractivity contribution in [2.75, 3.05) is 13.1 Å². The lowest BCUT2D eigenvalue weighted by Gasteiger charge is -2.34. The molecule has 0 bridgehead atoms. The molecule has 1 aromatic rings. The lowest BCUT2D eigenvalue weighted by atomic mass is 10.0. The highest BCUT2D eigenvalue weighted by molar-refractivity contribution is 6.22. The maximum absolute atomic E-state index is 12.5. The molecule has 1 aromatic carbocycles. The second kappa shape index (κ2) is 6.03. The highest BCUT2D eigenvalue weighted by atomic mass is 16.6. The summed E-state index contributed by atoms with van der Waals surface area (Å²) < 4.78 is 0. The maximum atomic E-state index is 12.5. The number of imide groups is 1. The number of nitro groups is 1. The molecule has 1 saturated heterocycles. The molecule has 0 saturated carbocycles. The first kappa shape index (κ1) is 16.1. The SMILES string of the molecule is C[C@@H]1CCCCN1C(=O)CN1C(=O)c2ccc([N+](=O)[O-])cc2C1=O. The number of piperidine rings is 1. The molecule has 0 N–H and O–H groups in total. The van der Waals surface area contributed by atoms with Crippen molar-refractivity contribution in [2.45, 2.75) is 32.2 Å². The van der Waals surface area contributed by atoms with Crippen molar-refractivity contribution in [3.05, 3.63) is 39.4 Å². The summed E-state index contributed by atoms with van der Waals surface area (Å²) in [6.45, 7) is 2.24. The highest BCUT2D eigenvalue weighted by Crippen LogP contribution is 2.27. The fourth-order valence-electron chi connectivity index (χ4n) is 3.23. The molecule has 3 amide bonds. The zero-order valence-corrected chi connectivity index (χ0v) is 13.2. The molecule has 1 fully saturated rings. The largest absolute Gasteiger partial charge is 0.338 e. The van der Waals surface area contributed by atoms with Crippen LogP contribution in [-0.2, 0) is 4.79 Å². The van der Waals surface area contributed by atoms with Gasteiger partial charge in [0.2, 0.25) is 5.91 Å². The smallest absolute Gasteiger partial charge is 0.270 e. The topological polar surface area (TPSA) is 101 Å². The number of carbonyl (C=O) groups is 3. The summed E-state index contributed by atoms with van der Waals surface area (Å²) in [6, 6.07) is 3.62. The number of likely N-dealkylation sites (tertiary alicyclic amines) is 1. The Kier molecular flexibility index (Phi) is 4.04. The average molecular weight is 331 g/mol. The fraction of sp³-hybridized carbons (Fsp3) is 0.438. The third-order valence-electron chi connectivity index (χ3n) is 4.58. The van der Waals surface area contributed by atoms with E-state index in [-0.39, 0.29) is 35.3 Å². The number of benzene rings is 1. The van der Waals surface area contributed by atoms with Crippen molar-refractivity contribution < 1.29 is 19.3 Å². The quantitative estimate of drug-likeness (QED) is 0.475. The van der Waals surface area contributed by atoms with Gasteiger partial charge in [-0.25, -0.2) is 0 Å². The van der Waals surface area contributed by atoms with Crippen LogP contribution in [0.4, 0.5) is 5.69 Å². The van der Waals surface area contributed by atoms with Crippen LogP contribution in [0.25, 0.3) is 0 Å². The van der Waals surface area contributed by atoms with E-state index in [4.69, 9.17) is 0 Å². The van der Waals surface area contributed by atoms with Crippen LogP contribution in [0.3, 0.4) is 0 Å². The third-order valence-corrected chi connectivity index (χ3v) is 4.58. The number of hydrogen-bond donors (Lipinski definition) is 0. The number of hydrogen-bond acceptors (Lipinski definition) is 5. The van der Waals surface area contributed by atoms with E-state index in [1.54, 1.807) is 4.90 Å². The van der Waals surface area contributed by atoms with Crippen molar-refractivity contribution in [1.82, 2.24) is 9.80 Å². The van der Waals surface area contributed by atoms with E-state index in [1.807, 2.05) is 6.92 Å². The van der Waals surface area contributed by atoms with Gasteiger partial charge in [0.05, 0.1) is 16.1 Å². The molecule has 0 unspecified atom stereocenters. The van der Waals surface area contributed by atoms with Crippen molar-refractivity contribution in [2.24, 2.45) is 0 Å². The first-order valence-electron chi connectivity index (χ1n) is 7.84. The first-order chi connectivity index (χ1) is 11.4. The number of rotatable bonds is 3. The van der Waals surface area contributed by atoms with Crippen LogP contribution < -0.4 is 0 Å². The molecular formula is C16H17N3O5. The van der Waals surface area contributed by atoms with Crippen LogP contribution >= 0.6 is 0 Å². The Labute approximate surface area is 138 Å². The lowest BCUT2D eigenvalue weighted by Crippen LogP contribution is -2.48. The molecule has 24 heavy (non-hydrogen) atoms. The molecule has 8 nitrogen and oxygen atoms in total. The van der Waals surface area contributed by atoms with E-state index in [1.165, 1.54) is 12.1 Å². The minimum Gasteiger partial charge on any atom is -0.338 e. The van der Waals surface area contributed by atoms with Gasteiger partial charge in [-0.1, -0.05) is 0 Å². The van der Waals surface area contributed by atoms with Crippen LogP contribution in [0.15, 0.2) is 18.2 Å². The standard InChI is InChI=1S/C16H17N3O5/c1-10-4-2-3-7-17(10)14(20)9-18-15(21)12-6-5-11(19(23)24)8-13(12)16(18)22/h5-6,8,10H,2-4,7,9H2,1H3/t10-/m1/s1. The van der Waals surface area contributed by atoms with E-state index in [2.05, 4.69) is 0 Å². The van der Waals surface area contributed by atoms with Gasteiger partial charge in [-0.3, -0.25) is 29.4 Å².